The van der Waals surface area contributed by atoms with Crippen molar-refractivity contribution in [3.63, 3.8) is 0 Å². The number of benzene rings is 2. The Hall–Kier alpha value is -2.06. The highest BCUT2D eigenvalue weighted by Gasteiger charge is 2.17. The van der Waals surface area contributed by atoms with Crippen LogP contribution in [0.1, 0.15) is 31.1 Å². The van der Waals surface area contributed by atoms with Crippen molar-refractivity contribution in [3.05, 3.63) is 52.5 Å². The van der Waals surface area contributed by atoms with Crippen molar-refractivity contribution in [2.24, 2.45) is 0 Å². The first-order valence-corrected chi connectivity index (χ1v) is 10.4. The van der Waals surface area contributed by atoms with Crippen LogP contribution in [-0.4, -0.2) is 27.0 Å². The quantitative estimate of drug-likeness (QED) is 0.685. The molecule has 0 fully saturated rings. The van der Waals surface area contributed by atoms with Crippen molar-refractivity contribution in [3.8, 4) is 5.75 Å². The molecule has 0 saturated carbocycles. The Kier molecular flexibility index (Phi) is 6.66. The van der Waals surface area contributed by atoms with Gasteiger partial charge in [-0.1, -0.05) is 6.07 Å². The zero-order valence-corrected chi connectivity index (χ0v) is 17.1. The highest BCUT2D eigenvalue weighted by molar-refractivity contribution is 9.10. The summed E-state index contributed by atoms with van der Waals surface area (Å²) in [5.41, 5.74) is 0.673. The normalized spacial score (nSPS) is 11.3. The molecule has 0 spiro atoms. The number of rotatable bonds is 7. The lowest BCUT2D eigenvalue weighted by Crippen LogP contribution is -2.30. The van der Waals surface area contributed by atoms with E-state index in [4.69, 9.17) is 4.74 Å². The molecule has 26 heavy (non-hydrogen) atoms. The highest BCUT2D eigenvalue weighted by atomic mass is 79.9. The van der Waals surface area contributed by atoms with E-state index in [-0.39, 0.29) is 22.4 Å². The Morgan fingerprint density at radius 1 is 1.19 bits per heavy atom. The molecule has 8 heteroatoms. The summed E-state index contributed by atoms with van der Waals surface area (Å²) in [6, 6.07) is 10.8. The number of ether oxygens (including phenoxy) is 1. The molecule has 0 atom stereocenters. The fraction of sp³-hybridized carbons (Fsp3) is 0.278. The fourth-order valence-corrected chi connectivity index (χ4v) is 3.79. The first kappa shape index (κ1) is 20.3. The monoisotopic (exact) mass is 440 g/mol. The molecule has 6 nitrogen and oxygen atoms in total. The van der Waals surface area contributed by atoms with Crippen LogP contribution in [0.4, 0.5) is 5.69 Å². The summed E-state index contributed by atoms with van der Waals surface area (Å²) in [6.45, 7) is 6.05. The van der Waals surface area contributed by atoms with Gasteiger partial charge in [0.1, 0.15) is 5.75 Å². The van der Waals surface area contributed by atoms with Crippen LogP contribution >= 0.6 is 15.9 Å². The third-order valence-electron chi connectivity index (χ3n) is 3.31. The van der Waals surface area contributed by atoms with E-state index in [0.29, 0.717) is 22.5 Å². The number of amides is 1. The topological polar surface area (TPSA) is 84.5 Å². The maximum atomic E-state index is 12.6. The van der Waals surface area contributed by atoms with Crippen molar-refractivity contribution < 1.29 is 17.9 Å². The van der Waals surface area contributed by atoms with Gasteiger partial charge in [-0.2, -0.15) is 0 Å². The molecule has 2 N–H and O–H groups in total. The number of anilines is 1. The molecule has 0 aliphatic heterocycles. The Bertz CT molecular complexity index is 898. The van der Waals surface area contributed by atoms with Gasteiger partial charge in [-0.15, -0.1) is 0 Å². The van der Waals surface area contributed by atoms with E-state index in [1.165, 1.54) is 18.2 Å². The van der Waals surface area contributed by atoms with Crippen LogP contribution in [0.3, 0.4) is 0 Å². The van der Waals surface area contributed by atoms with E-state index in [1.807, 2.05) is 20.8 Å². The van der Waals surface area contributed by atoms with Gasteiger partial charge in [0.15, 0.2) is 0 Å². The summed E-state index contributed by atoms with van der Waals surface area (Å²) in [7, 11) is -3.83. The molecule has 0 bridgehead atoms. The molecule has 1 amide bonds. The molecule has 0 heterocycles. The van der Waals surface area contributed by atoms with Crippen LogP contribution in [0.15, 0.2) is 51.8 Å². The lowest BCUT2D eigenvalue weighted by atomic mass is 10.2. The molecule has 2 rings (SSSR count). The number of carbonyl (C=O) groups is 1. The minimum Gasteiger partial charge on any atom is -0.493 e. The van der Waals surface area contributed by atoms with Gasteiger partial charge in [0, 0.05) is 11.6 Å². The van der Waals surface area contributed by atoms with Gasteiger partial charge >= 0.3 is 0 Å². The van der Waals surface area contributed by atoms with Crippen LogP contribution in [0.2, 0.25) is 0 Å². The van der Waals surface area contributed by atoms with Gasteiger partial charge in [0.05, 0.1) is 21.7 Å². The number of halogens is 1. The SMILES string of the molecule is CCOc1ccc(NS(=O)(=O)c2cccc(C(=O)NC(C)C)c2)cc1Br. The van der Waals surface area contributed by atoms with Crippen LogP contribution in [0.25, 0.3) is 0 Å². The molecule has 2 aromatic rings. The van der Waals surface area contributed by atoms with Gasteiger partial charge in [0.2, 0.25) is 0 Å². The highest BCUT2D eigenvalue weighted by Crippen LogP contribution is 2.29. The number of hydrogen-bond donors (Lipinski definition) is 2. The predicted octanol–water partition coefficient (Wildman–Crippen LogP) is 3.79. The number of sulfonamides is 1. The van der Waals surface area contributed by atoms with E-state index < -0.39 is 10.0 Å². The lowest BCUT2D eigenvalue weighted by molar-refractivity contribution is 0.0943. The van der Waals surface area contributed by atoms with Crippen molar-refractivity contribution in [1.29, 1.82) is 0 Å². The van der Waals surface area contributed by atoms with Gasteiger partial charge in [0.25, 0.3) is 15.9 Å². The Morgan fingerprint density at radius 3 is 2.54 bits per heavy atom. The van der Waals surface area contributed by atoms with Gasteiger partial charge < -0.3 is 10.1 Å². The molecule has 0 aromatic heterocycles. The van der Waals surface area contributed by atoms with Gasteiger partial charge in [-0.05, 0) is 73.1 Å². The van der Waals surface area contributed by atoms with E-state index in [9.17, 15) is 13.2 Å². The zero-order valence-electron chi connectivity index (χ0n) is 14.7. The Labute approximate surface area is 162 Å². The summed E-state index contributed by atoms with van der Waals surface area (Å²) in [6.07, 6.45) is 0. The van der Waals surface area contributed by atoms with Crippen LogP contribution < -0.4 is 14.8 Å². The second-order valence-electron chi connectivity index (χ2n) is 5.84. The number of carbonyl (C=O) groups excluding carboxylic acids is 1. The van der Waals surface area contributed by atoms with Crippen LogP contribution in [-0.2, 0) is 10.0 Å². The predicted molar refractivity (Wildman–Crippen MR) is 105 cm³/mol. The third kappa shape index (κ3) is 5.22. The fourth-order valence-electron chi connectivity index (χ4n) is 2.20. The molecule has 0 unspecified atom stereocenters. The third-order valence-corrected chi connectivity index (χ3v) is 5.31. The molecule has 0 radical (unpaired) electrons. The average molecular weight is 441 g/mol. The number of nitrogens with one attached hydrogen (secondary N) is 2. The summed E-state index contributed by atoms with van der Waals surface area (Å²) in [5, 5.41) is 2.74. The first-order chi connectivity index (χ1) is 12.2. The Balaban J connectivity index is 2.25. The van der Waals surface area contributed by atoms with E-state index in [2.05, 4.69) is 26.0 Å². The Morgan fingerprint density at radius 2 is 1.92 bits per heavy atom. The lowest BCUT2D eigenvalue weighted by Gasteiger charge is -2.12. The molecule has 0 aliphatic rings. The summed E-state index contributed by atoms with van der Waals surface area (Å²) >= 11 is 3.35. The van der Waals surface area contributed by atoms with Crippen molar-refractivity contribution in [2.45, 2.75) is 31.7 Å². The molecule has 0 aliphatic carbocycles. The second kappa shape index (κ2) is 8.55. The molecular formula is C18H21BrN2O4S. The van der Waals surface area contributed by atoms with E-state index >= 15 is 0 Å². The van der Waals surface area contributed by atoms with Crippen molar-refractivity contribution in [2.75, 3.05) is 11.3 Å². The maximum absolute atomic E-state index is 12.6. The smallest absolute Gasteiger partial charge is 0.261 e. The van der Waals surface area contributed by atoms with Gasteiger partial charge in [-0.3, -0.25) is 9.52 Å². The van der Waals surface area contributed by atoms with Crippen molar-refractivity contribution in [1.82, 2.24) is 5.32 Å². The molecule has 2 aromatic carbocycles. The number of hydrogen-bond acceptors (Lipinski definition) is 4. The zero-order chi connectivity index (χ0) is 19.3. The van der Waals surface area contributed by atoms with Gasteiger partial charge in [-0.25, -0.2) is 8.42 Å². The summed E-state index contributed by atoms with van der Waals surface area (Å²) in [5.74, 6) is 0.309. The van der Waals surface area contributed by atoms with E-state index in [0.717, 1.165) is 0 Å². The van der Waals surface area contributed by atoms with Crippen LogP contribution in [0.5, 0.6) is 5.75 Å². The molecule has 0 saturated heterocycles. The summed E-state index contributed by atoms with van der Waals surface area (Å²) < 4.78 is 33.8. The minimum absolute atomic E-state index is 0.0129. The second-order valence-corrected chi connectivity index (χ2v) is 8.38. The van der Waals surface area contributed by atoms with E-state index in [1.54, 1.807) is 24.3 Å². The largest absolute Gasteiger partial charge is 0.493 e. The maximum Gasteiger partial charge on any atom is 0.261 e. The molecular weight excluding hydrogens is 420 g/mol. The standard InChI is InChI=1S/C18H21BrN2O4S/c1-4-25-17-9-8-14(11-16(17)19)21-26(23,24)15-7-5-6-13(10-15)18(22)20-12(2)3/h5-12,21H,4H2,1-3H3,(H,20,22). The summed E-state index contributed by atoms with van der Waals surface area (Å²) in [4.78, 5) is 12.1. The first-order valence-electron chi connectivity index (χ1n) is 8.09. The molecule has 140 valence electrons. The average Bonchev–Trinajstić information content (AvgIpc) is 2.57. The van der Waals surface area contributed by atoms with Crippen molar-refractivity contribution >= 4 is 37.5 Å². The van der Waals surface area contributed by atoms with Crippen LogP contribution in [0, 0.1) is 0 Å². The minimum atomic E-state index is -3.83.